The third kappa shape index (κ3) is 6.32. The van der Waals surface area contributed by atoms with Crippen LogP contribution in [0.5, 0.6) is 0 Å². The van der Waals surface area contributed by atoms with E-state index < -0.39 is 10.0 Å². The van der Waals surface area contributed by atoms with Crippen molar-refractivity contribution in [3.8, 4) is 0 Å². The van der Waals surface area contributed by atoms with Crippen LogP contribution in [0.4, 0.5) is 0 Å². The predicted octanol–water partition coefficient (Wildman–Crippen LogP) is 0.153. The lowest BCUT2D eigenvalue weighted by Crippen LogP contribution is -2.38. The maximum absolute atomic E-state index is 11.8. The summed E-state index contributed by atoms with van der Waals surface area (Å²) in [5, 5.41) is 0. The average Bonchev–Trinajstić information content (AvgIpc) is 2.29. The minimum atomic E-state index is -3.29. The Balaban J connectivity index is 4.39. The molecule has 0 rings (SSSR count). The highest BCUT2D eigenvalue weighted by Gasteiger charge is 2.18. The quantitative estimate of drug-likeness (QED) is 0.603. The Hall–Kier alpha value is -0.660. The molecular formula is C11H24N2O4S. The Morgan fingerprint density at radius 1 is 1.17 bits per heavy atom. The number of hydrogen-bond donors (Lipinski definition) is 0. The van der Waals surface area contributed by atoms with Gasteiger partial charge in [-0.25, -0.2) is 8.42 Å². The van der Waals surface area contributed by atoms with Gasteiger partial charge in [0.25, 0.3) is 0 Å². The minimum Gasteiger partial charge on any atom is -0.383 e. The zero-order valence-corrected chi connectivity index (χ0v) is 12.5. The molecule has 0 aliphatic rings. The number of nitrogens with zero attached hydrogens (tertiary/aromatic N) is 2. The zero-order chi connectivity index (χ0) is 14.2. The fourth-order valence-electron chi connectivity index (χ4n) is 1.59. The first-order valence-corrected chi connectivity index (χ1v) is 7.93. The van der Waals surface area contributed by atoms with Gasteiger partial charge in [-0.1, -0.05) is 0 Å². The molecule has 0 aromatic heterocycles. The summed E-state index contributed by atoms with van der Waals surface area (Å²) in [6, 6.07) is 0. The Morgan fingerprint density at radius 3 is 2.11 bits per heavy atom. The smallest absolute Gasteiger partial charge is 0.223 e. The number of methoxy groups -OCH3 is 1. The zero-order valence-electron chi connectivity index (χ0n) is 11.7. The normalized spacial score (nSPS) is 11.8. The van der Waals surface area contributed by atoms with Crippen LogP contribution >= 0.6 is 0 Å². The second-order valence-corrected chi connectivity index (χ2v) is 5.95. The van der Waals surface area contributed by atoms with Gasteiger partial charge in [-0.3, -0.25) is 4.79 Å². The molecule has 0 heterocycles. The first-order valence-electron chi connectivity index (χ1n) is 6.08. The molecule has 7 heteroatoms. The maximum atomic E-state index is 11.8. The lowest BCUT2D eigenvalue weighted by molar-refractivity contribution is -0.130. The number of amides is 1. The van der Waals surface area contributed by atoms with Crippen molar-refractivity contribution in [2.45, 2.75) is 20.3 Å². The molecule has 0 bridgehead atoms. The Morgan fingerprint density at radius 2 is 1.72 bits per heavy atom. The summed E-state index contributed by atoms with van der Waals surface area (Å²) in [5.41, 5.74) is 0. The molecule has 0 saturated heterocycles. The summed E-state index contributed by atoms with van der Waals surface area (Å²) < 4.78 is 29.1. The molecule has 0 aliphatic heterocycles. The van der Waals surface area contributed by atoms with E-state index in [0.29, 0.717) is 19.7 Å². The van der Waals surface area contributed by atoms with E-state index in [1.165, 1.54) is 11.4 Å². The van der Waals surface area contributed by atoms with E-state index in [2.05, 4.69) is 0 Å². The lowest BCUT2D eigenvalue weighted by atomic mass is 10.3. The molecule has 0 unspecified atom stereocenters. The van der Waals surface area contributed by atoms with E-state index in [0.717, 1.165) is 6.26 Å². The van der Waals surface area contributed by atoms with Crippen molar-refractivity contribution < 1.29 is 17.9 Å². The molecule has 108 valence electrons. The van der Waals surface area contributed by atoms with Crippen LogP contribution in [0.2, 0.25) is 0 Å². The van der Waals surface area contributed by atoms with Crippen LogP contribution in [0.1, 0.15) is 20.3 Å². The SMILES string of the molecule is CCN(CC)C(=O)CCN(CCOC)S(C)(=O)=O. The largest absolute Gasteiger partial charge is 0.383 e. The van der Waals surface area contributed by atoms with Gasteiger partial charge < -0.3 is 9.64 Å². The number of rotatable bonds is 9. The summed E-state index contributed by atoms with van der Waals surface area (Å²) in [7, 11) is -1.77. The van der Waals surface area contributed by atoms with Gasteiger partial charge in [0.05, 0.1) is 12.9 Å². The van der Waals surface area contributed by atoms with Gasteiger partial charge in [0.2, 0.25) is 15.9 Å². The van der Waals surface area contributed by atoms with Gasteiger partial charge in [-0.05, 0) is 13.8 Å². The molecule has 0 spiro atoms. The third-order valence-electron chi connectivity index (χ3n) is 2.71. The Bertz CT molecular complexity index is 339. The minimum absolute atomic E-state index is 0.0222. The molecule has 0 aliphatic carbocycles. The van der Waals surface area contributed by atoms with Crippen molar-refractivity contribution in [3.63, 3.8) is 0 Å². The number of hydrogen-bond acceptors (Lipinski definition) is 4. The summed E-state index contributed by atoms with van der Waals surface area (Å²) in [4.78, 5) is 13.5. The van der Waals surface area contributed by atoms with Crippen LogP contribution in [-0.2, 0) is 19.6 Å². The van der Waals surface area contributed by atoms with Crippen LogP contribution in [0.3, 0.4) is 0 Å². The molecule has 0 fully saturated rings. The molecule has 0 aromatic rings. The van der Waals surface area contributed by atoms with Crippen molar-refractivity contribution in [2.75, 3.05) is 46.2 Å². The van der Waals surface area contributed by atoms with E-state index >= 15 is 0 Å². The van der Waals surface area contributed by atoms with Gasteiger partial charge in [-0.15, -0.1) is 0 Å². The van der Waals surface area contributed by atoms with E-state index in [-0.39, 0.29) is 25.4 Å². The molecule has 1 amide bonds. The van der Waals surface area contributed by atoms with Crippen LogP contribution in [-0.4, -0.2) is 69.7 Å². The van der Waals surface area contributed by atoms with Crippen molar-refractivity contribution in [1.29, 1.82) is 0 Å². The molecule has 0 radical (unpaired) electrons. The van der Waals surface area contributed by atoms with Crippen molar-refractivity contribution in [1.82, 2.24) is 9.21 Å². The standard InChI is InChI=1S/C11H24N2O4S/c1-5-12(6-2)11(14)7-8-13(9-10-17-3)18(4,15)16/h5-10H2,1-4H3. The van der Waals surface area contributed by atoms with Crippen molar-refractivity contribution >= 4 is 15.9 Å². The molecule has 0 saturated carbocycles. The Labute approximate surface area is 110 Å². The monoisotopic (exact) mass is 280 g/mol. The topological polar surface area (TPSA) is 66.9 Å². The van der Waals surface area contributed by atoms with Gasteiger partial charge in [0, 0.05) is 39.7 Å². The number of sulfonamides is 1. The highest BCUT2D eigenvalue weighted by molar-refractivity contribution is 7.88. The third-order valence-corrected chi connectivity index (χ3v) is 4.01. The average molecular weight is 280 g/mol. The molecule has 0 atom stereocenters. The molecule has 6 nitrogen and oxygen atoms in total. The second-order valence-electron chi connectivity index (χ2n) is 3.97. The van der Waals surface area contributed by atoms with Crippen LogP contribution in [0.15, 0.2) is 0 Å². The van der Waals surface area contributed by atoms with Crippen LogP contribution < -0.4 is 0 Å². The summed E-state index contributed by atoms with van der Waals surface area (Å²) in [6.45, 7) is 5.91. The van der Waals surface area contributed by atoms with Gasteiger partial charge in [0.15, 0.2) is 0 Å². The first-order chi connectivity index (χ1) is 8.36. The lowest BCUT2D eigenvalue weighted by Gasteiger charge is -2.22. The molecular weight excluding hydrogens is 256 g/mol. The van der Waals surface area contributed by atoms with E-state index in [1.54, 1.807) is 4.90 Å². The number of carbonyl (C=O) groups is 1. The van der Waals surface area contributed by atoms with Crippen molar-refractivity contribution in [3.05, 3.63) is 0 Å². The van der Waals surface area contributed by atoms with E-state index in [1.807, 2.05) is 13.8 Å². The fraction of sp³-hybridized carbons (Fsp3) is 0.909. The van der Waals surface area contributed by atoms with E-state index in [4.69, 9.17) is 4.74 Å². The maximum Gasteiger partial charge on any atom is 0.223 e. The molecule has 0 N–H and O–H groups in total. The van der Waals surface area contributed by atoms with Gasteiger partial charge >= 0.3 is 0 Å². The second kappa shape index (κ2) is 8.44. The Kier molecular flexibility index (Phi) is 8.13. The van der Waals surface area contributed by atoms with E-state index in [9.17, 15) is 13.2 Å². The van der Waals surface area contributed by atoms with Crippen molar-refractivity contribution in [2.24, 2.45) is 0 Å². The summed E-state index contributed by atoms with van der Waals surface area (Å²) in [6.07, 6.45) is 1.35. The van der Waals surface area contributed by atoms with Gasteiger partial charge in [-0.2, -0.15) is 4.31 Å². The predicted molar refractivity (Wildman–Crippen MR) is 70.8 cm³/mol. The highest BCUT2D eigenvalue weighted by Crippen LogP contribution is 2.02. The van der Waals surface area contributed by atoms with Gasteiger partial charge in [0.1, 0.15) is 0 Å². The molecule has 0 aromatic carbocycles. The van der Waals surface area contributed by atoms with Crippen LogP contribution in [0.25, 0.3) is 0 Å². The summed E-state index contributed by atoms with van der Waals surface area (Å²) in [5.74, 6) is -0.0222. The number of ether oxygens (including phenoxy) is 1. The van der Waals surface area contributed by atoms with Crippen LogP contribution in [0, 0.1) is 0 Å². The first kappa shape index (κ1) is 17.3. The fourth-order valence-corrected chi connectivity index (χ4v) is 2.42. The molecule has 18 heavy (non-hydrogen) atoms. The highest BCUT2D eigenvalue weighted by atomic mass is 32.2. The summed E-state index contributed by atoms with van der Waals surface area (Å²) >= 11 is 0. The number of carbonyl (C=O) groups excluding carboxylic acids is 1.